The summed E-state index contributed by atoms with van der Waals surface area (Å²) in [5.74, 6) is 0. The van der Waals surface area contributed by atoms with Crippen LogP contribution >= 0.6 is 0 Å². The Labute approximate surface area is 208 Å². The smallest absolute Gasteiger partial charge is 0.209 e. The van der Waals surface area contributed by atoms with Crippen LogP contribution in [-0.4, -0.2) is 23.4 Å². The molecule has 2 heteroatoms. The maximum atomic E-state index is 2.56. The summed E-state index contributed by atoms with van der Waals surface area (Å²) in [6.45, 7) is 16.0. The van der Waals surface area contributed by atoms with Crippen LogP contribution in [0, 0.1) is 0 Å². The molecule has 0 aromatic heterocycles. The van der Waals surface area contributed by atoms with Gasteiger partial charge in [0, 0.05) is 42.1 Å². The van der Waals surface area contributed by atoms with Crippen molar-refractivity contribution in [1.82, 2.24) is 0 Å². The third-order valence-electron chi connectivity index (χ3n) is 7.18. The highest BCUT2D eigenvalue weighted by Crippen LogP contribution is 2.40. The molecule has 0 bridgehead atoms. The van der Waals surface area contributed by atoms with E-state index < -0.39 is 0 Å². The number of aryl methyl sites for hydroxylation is 1. The first-order chi connectivity index (χ1) is 16.5. The molecule has 0 fully saturated rings. The molecule has 2 aromatic carbocycles. The number of benzene rings is 2. The summed E-state index contributed by atoms with van der Waals surface area (Å²) in [6.07, 6.45) is 13.9. The fourth-order valence-corrected chi connectivity index (χ4v) is 5.16. The average Bonchev–Trinajstić information content (AvgIpc) is 3.07. The number of hydrogen-bond acceptors (Lipinski definition) is 1. The topological polar surface area (TPSA) is 6.25 Å². The molecule has 1 heterocycles. The SMILES string of the molecule is CCCCN(/C(=C\C=C\C1=[N+](CCCC)c2ccccc2C1(C)C)CC)c1ccccc1CC. The monoisotopic (exact) mass is 457 g/mol. The molecule has 2 nitrogen and oxygen atoms in total. The van der Waals surface area contributed by atoms with Crippen LogP contribution in [0.2, 0.25) is 0 Å². The minimum atomic E-state index is 0.0117. The van der Waals surface area contributed by atoms with Gasteiger partial charge in [-0.25, -0.2) is 0 Å². The fourth-order valence-electron chi connectivity index (χ4n) is 5.16. The third kappa shape index (κ3) is 5.54. The van der Waals surface area contributed by atoms with Crippen molar-refractivity contribution in [2.75, 3.05) is 18.0 Å². The minimum absolute atomic E-state index is 0.0117. The van der Waals surface area contributed by atoms with Crippen LogP contribution < -0.4 is 4.90 Å². The van der Waals surface area contributed by atoms with Gasteiger partial charge >= 0.3 is 0 Å². The van der Waals surface area contributed by atoms with Crippen molar-refractivity contribution in [2.24, 2.45) is 0 Å². The summed E-state index contributed by atoms with van der Waals surface area (Å²) >= 11 is 0. The van der Waals surface area contributed by atoms with E-state index in [-0.39, 0.29) is 5.41 Å². The van der Waals surface area contributed by atoms with E-state index >= 15 is 0 Å². The highest BCUT2D eigenvalue weighted by atomic mass is 15.1. The minimum Gasteiger partial charge on any atom is -0.345 e. The molecule has 0 N–H and O–H groups in total. The van der Waals surface area contributed by atoms with E-state index in [1.54, 1.807) is 0 Å². The molecule has 0 radical (unpaired) electrons. The number of fused-ring (bicyclic) bond motifs is 1. The zero-order valence-corrected chi connectivity index (χ0v) is 22.4. The molecule has 0 saturated heterocycles. The molecule has 1 aliphatic rings. The Balaban J connectivity index is 1.99. The van der Waals surface area contributed by atoms with Crippen LogP contribution in [0.25, 0.3) is 0 Å². The van der Waals surface area contributed by atoms with Gasteiger partial charge in [0.2, 0.25) is 5.69 Å². The van der Waals surface area contributed by atoms with E-state index in [0.29, 0.717) is 0 Å². The van der Waals surface area contributed by atoms with Crippen LogP contribution in [0.5, 0.6) is 0 Å². The van der Waals surface area contributed by atoms with Gasteiger partial charge in [-0.15, -0.1) is 0 Å². The van der Waals surface area contributed by atoms with Crippen molar-refractivity contribution in [3.05, 3.63) is 83.6 Å². The molecular weight excluding hydrogens is 412 g/mol. The van der Waals surface area contributed by atoms with Gasteiger partial charge in [-0.3, -0.25) is 0 Å². The first-order valence-corrected chi connectivity index (χ1v) is 13.5. The Morgan fingerprint density at radius 2 is 1.62 bits per heavy atom. The lowest BCUT2D eigenvalue weighted by molar-refractivity contribution is -0.438. The second-order valence-electron chi connectivity index (χ2n) is 9.89. The molecule has 0 aliphatic carbocycles. The second kappa shape index (κ2) is 12.2. The Hall–Kier alpha value is -2.61. The predicted molar refractivity (Wildman–Crippen MR) is 150 cm³/mol. The zero-order valence-electron chi connectivity index (χ0n) is 22.4. The molecule has 182 valence electrons. The maximum Gasteiger partial charge on any atom is 0.209 e. The summed E-state index contributed by atoms with van der Waals surface area (Å²) < 4.78 is 2.55. The predicted octanol–water partition coefficient (Wildman–Crippen LogP) is 8.58. The molecule has 0 saturated carbocycles. The van der Waals surface area contributed by atoms with Crippen LogP contribution in [0.1, 0.15) is 84.8 Å². The number of allylic oxidation sites excluding steroid dienone is 4. The van der Waals surface area contributed by atoms with Crippen molar-refractivity contribution < 1.29 is 4.58 Å². The summed E-state index contributed by atoms with van der Waals surface area (Å²) in [4.78, 5) is 2.56. The zero-order chi connectivity index (χ0) is 24.6. The summed E-state index contributed by atoms with van der Waals surface area (Å²) in [5.41, 5.74) is 8.41. The number of rotatable bonds is 12. The van der Waals surface area contributed by atoms with Gasteiger partial charge in [0.15, 0.2) is 5.71 Å². The van der Waals surface area contributed by atoms with Crippen LogP contribution in [0.3, 0.4) is 0 Å². The summed E-state index contributed by atoms with van der Waals surface area (Å²) in [5, 5.41) is 0. The Morgan fingerprint density at radius 1 is 0.912 bits per heavy atom. The van der Waals surface area contributed by atoms with E-state index in [1.165, 1.54) is 59.6 Å². The summed E-state index contributed by atoms with van der Waals surface area (Å²) in [7, 11) is 0. The van der Waals surface area contributed by atoms with Crippen molar-refractivity contribution in [1.29, 1.82) is 0 Å². The normalized spacial score (nSPS) is 15.3. The number of hydrogen-bond donors (Lipinski definition) is 0. The molecule has 0 atom stereocenters. The van der Waals surface area contributed by atoms with Gasteiger partial charge in [-0.05, 0) is 50.8 Å². The van der Waals surface area contributed by atoms with Crippen LogP contribution in [-0.2, 0) is 11.8 Å². The molecule has 2 aromatic rings. The van der Waals surface area contributed by atoms with Gasteiger partial charge in [-0.2, -0.15) is 4.58 Å². The quantitative estimate of drug-likeness (QED) is 0.228. The number of nitrogens with zero attached hydrogens (tertiary/aromatic N) is 2. The Bertz CT molecular complexity index is 1040. The van der Waals surface area contributed by atoms with Gasteiger partial charge < -0.3 is 4.90 Å². The van der Waals surface area contributed by atoms with Gasteiger partial charge in [0.05, 0.1) is 5.41 Å². The second-order valence-corrected chi connectivity index (χ2v) is 9.89. The number of anilines is 1. The molecule has 1 aliphatic heterocycles. The molecule has 0 amide bonds. The number of unbranched alkanes of at least 4 members (excludes halogenated alkanes) is 2. The van der Waals surface area contributed by atoms with E-state index in [2.05, 4.69) is 118 Å². The van der Waals surface area contributed by atoms with E-state index in [0.717, 1.165) is 25.9 Å². The van der Waals surface area contributed by atoms with Crippen LogP contribution in [0.4, 0.5) is 11.4 Å². The fraction of sp³-hybridized carbons (Fsp3) is 0.469. The van der Waals surface area contributed by atoms with E-state index in [4.69, 9.17) is 0 Å². The lowest BCUT2D eigenvalue weighted by Gasteiger charge is -2.29. The highest BCUT2D eigenvalue weighted by Gasteiger charge is 2.43. The summed E-state index contributed by atoms with van der Waals surface area (Å²) in [6, 6.07) is 17.8. The van der Waals surface area contributed by atoms with Gasteiger partial charge in [-0.1, -0.05) is 83.0 Å². The van der Waals surface area contributed by atoms with Crippen molar-refractivity contribution >= 4 is 17.1 Å². The lowest BCUT2D eigenvalue weighted by Crippen LogP contribution is -2.28. The lowest BCUT2D eigenvalue weighted by atomic mass is 9.81. The Morgan fingerprint density at radius 3 is 2.32 bits per heavy atom. The average molecular weight is 458 g/mol. The first-order valence-electron chi connectivity index (χ1n) is 13.5. The van der Waals surface area contributed by atoms with Crippen molar-refractivity contribution in [3.63, 3.8) is 0 Å². The Kier molecular flexibility index (Phi) is 9.33. The molecule has 0 unspecified atom stereocenters. The highest BCUT2D eigenvalue weighted by molar-refractivity contribution is 6.03. The van der Waals surface area contributed by atoms with Gasteiger partial charge in [0.1, 0.15) is 6.54 Å². The largest absolute Gasteiger partial charge is 0.345 e. The molecule has 0 spiro atoms. The van der Waals surface area contributed by atoms with Gasteiger partial charge in [0.25, 0.3) is 0 Å². The van der Waals surface area contributed by atoms with E-state index in [1.807, 2.05) is 0 Å². The van der Waals surface area contributed by atoms with Crippen molar-refractivity contribution in [3.8, 4) is 0 Å². The number of para-hydroxylation sites is 2. The van der Waals surface area contributed by atoms with Crippen molar-refractivity contribution in [2.45, 2.75) is 85.5 Å². The standard InChI is InChI=1S/C32H45N2/c1-7-11-24-33(29-21-15-13-18-26(29)9-3)27(10-4)19-17-23-31-32(5,6)28-20-14-16-22-30(28)34(31)25-12-8-2/h13-23H,7-12,24-25H2,1-6H3/q+1. The maximum absolute atomic E-state index is 2.56. The molecule has 34 heavy (non-hydrogen) atoms. The molecule has 3 rings (SSSR count). The third-order valence-corrected chi connectivity index (χ3v) is 7.18. The first kappa shape index (κ1) is 26.0. The van der Waals surface area contributed by atoms with Crippen LogP contribution in [0.15, 0.2) is 72.5 Å². The van der Waals surface area contributed by atoms with E-state index in [9.17, 15) is 0 Å². The molecular formula is C32H45N2+.